The van der Waals surface area contributed by atoms with Gasteiger partial charge in [-0.2, -0.15) is 0 Å². The number of benzene rings is 2. The molecule has 3 rings (SSSR count). The Hall–Kier alpha value is -2.38. The molecule has 1 amide bonds. The lowest BCUT2D eigenvalue weighted by molar-refractivity contribution is -0.141. The number of thioether (sulfide) groups is 1. The summed E-state index contributed by atoms with van der Waals surface area (Å²) in [4.78, 5) is 27.8. The molecule has 0 unspecified atom stereocenters. The normalized spacial score (nSPS) is 18.4. The van der Waals surface area contributed by atoms with Crippen molar-refractivity contribution in [3.05, 3.63) is 52.5 Å². The van der Waals surface area contributed by atoms with Crippen LogP contribution in [0.25, 0.3) is 0 Å². The van der Waals surface area contributed by atoms with Crippen molar-refractivity contribution in [3.8, 4) is 11.5 Å². The fourth-order valence-corrected chi connectivity index (χ4v) is 5.51. The average Bonchev–Trinajstić information content (AvgIpc) is 2.87. The second kappa shape index (κ2) is 10.3. The van der Waals surface area contributed by atoms with E-state index in [1.165, 1.54) is 18.9 Å². The predicted octanol–water partition coefficient (Wildman–Crippen LogP) is 5.50. The van der Waals surface area contributed by atoms with Crippen LogP contribution in [-0.2, 0) is 14.3 Å². The van der Waals surface area contributed by atoms with Gasteiger partial charge in [0.05, 0.1) is 38.3 Å². The van der Waals surface area contributed by atoms with Crippen molar-refractivity contribution in [2.75, 3.05) is 32.8 Å². The van der Waals surface area contributed by atoms with Crippen LogP contribution in [0.3, 0.4) is 0 Å². The topological polar surface area (TPSA) is 65.1 Å². The highest BCUT2D eigenvalue weighted by Crippen LogP contribution is 2.50. The maximum Gasteiger partial charge on any atom is 0.307 e. The van der Waals surface area contributed by atoms with E-state index in [-0.39, 0.29) is 23.0 Å². The summed E-state index contributed by atoms with van der Waals surface area (Å²) in [6, 6.07) is 11.2. The molecule has 178 valence electrons. The molecule has 0 saturated heterocycles. The summed E-state index contributed by atoms with van der Waals surface area (Å²) in [6.07, 6.45) is -0.0304. The Morgan fingerprint density at radius 2 is 1.79 bits per heavy atom. The van der Waals surface area contributed by atoms with Crippen LogP contribution >= 0.6 is 23.4 Å². The standard InChI is InChI=1S/C25H30ClNO5S/c1-25(2,3)14-27-19-10-7-15(26)11-18(19)23(33-21(24(27)29)13-22(28)32-6)17-9-8-16(30-4)12-20(17)31-5/h7-12,21,23H,13-14H2,1-6H3/t21-,23-/m1/s1. The van der Waals surface area contributed by atoms with Gasteiger partial charge < -0.3 is 19.1 Å². The first kappa shape index (κ1) is 25.2. The molecule has 2 aromatic carbocycles. The molecule has 0 N–H and O–H groups in total. The van der Waals surface area contributed by atoms with Crippen LogP contribution in [0.5, 0.6) is 11.5 Å². The Kier molecular flexibility index (Phi) is 7.85. The third kappa shape index (κ3) is 5.76. The Morgan fingerprint density at radius 1 is 1.06 bits per heavy atom. The van der Waals surface area contributed by atoms with Crippen molar-refractivity contribution in [2.24, 2.45) is 5.41 Å². The van der Waals surface area contributed by atoms with E-state index in [0.717, 1.165) is 16.8 Å². The van der Waals surface area contributed by atoms with E-state index in [1.807, 2.05) is 30.3 Å². The van der Waals surface area contributed by atoms with Gasteiger partial charge in [0.25, 0.3) is 0 Å². The number of hydrogen-bond acceptors (Lipinski definition) is 6. The van der Waals surface area contributed by atoms with Gasteiger partial charge in [0, 0.05) is 28.9 Å². The summed E-state index contributed by atoms with van der Waals surface area (Å²) in [5.74, 6) is 0.739. The number of ether oxygens (including phenoxy) is 3. The molecule has 2 aromatic rings. The van der Waals surface area contributed by atoms with Gasteiger partial charge >= 0.3 is 5.97 Å². The fraction of sp³-hybridized carbons (Fsp3) is 0.440. The Bertz CT molecular complexity index is 1040. The van der Waals surface area contributed by atoms with Gasteiger partial charge in [-0.25, -0.2) is 0 Å². The highest BCUT2D eigenvalue weighted by atomic mass is 35.5. The highest BCUT2D eigenvalue weighted by Gasteiger charge is 2.39. The van der Waals surface area contributed by atoms with Crippen LogP contribution < -0.4 is 14.4 Å². The number of carbonyl (C=O) groups is 2. The Balaban J connectivity index is 2.23. The molecule has 0 aromatic heterocycles. The number of halogens is 1. The first-order chi connectivity index (χ1) is 15.6. The molecule has 0 bridgehead atoms. The quantitative estimate of drug-likeness (QED) is 0.497. The summed E-state index contributed by atoms with van der Waals surface area (Å²) in [5, 5.41) is -0.368. The maximum absolute atomic E-state index is 13.8. The summed E-state index contributed by atoms with van der Waals surface area (Å²) in [7, 11) is 4.53. The van der Waals surface area contributed by atoms with Gasteiger partial charge in [-0.05, 0) is 35.2 Å². The summed E-state index contributed by atoms with van der Waals surface area (Å²) < 4.78 is 15.9. The Morgan fingerprint density at radius 3 is 2.39 bits per heavy atom. The second-order valence-electron chi connectivity index (χ2n) is 9.08. The molecule has 33 heavy (non-hydrogen) atoms. The summed E-state index contributed by atoms with van der Waals surface area (Å²) in [6.45, 7) is 6.72. The summed E-state index contributed by atoms with van der Waals surface area (Å²) >= 11 is 7.84. The molecule has 0 aliphatic carbocycles. The van der Waals surface area contributed by atoms with Crippen LogP contribution in [0.4, 0.5) is 5.69 Å². The van der Waals surface area contributed by atoms with Gasteiger partial charge in [-0.1, -0.05) is 38.4 Å². The van der Waals surface area contributed by atoms with Gasteiger partial charge in [0.2, 0.25) is 5.91 Å². The fourth-order valence-electron chi connectivity index (χ4n) is 3.85. The number of hydrogen-bond donors (Lipinski definition) is 0. The van der Waals surface area contributed by atoms with Gasteiger partial charge in [0.1, 0.15) is 11.5 Å². The molecular weight excluding hydrogens is 462 g/mol. The van der Waals surface area contributed by atoms with Crippen molar-refractivity contribution >= 4 is 40.9 Å². The molecular formula is C25H30ClNO5S. The Labute approximate surface area is 204 Å². The smallest absolute Gasteiger partial charge is 0.307 e. The van der Waals surface area contributed by atoms with Gasteiger partial charge in [-0.15, -0.1) is 11.8 Å². The van der Waals surface area contributed by atoms with Crippen LogP contribution in [0.2, 0.25) is 5.02 Å². The molecule has 2 atom stereocenters. The van der Waals surface area contributed by atoms with Crippen LogP contribution in [0.15, 0.2) is 36.4 Å². The van der Waals surface area contributed by atoms with E-state index >= 15 is 0 Å². The largest absolute Gasteiger partial charge is 0.497 e. The van der Waals surface area contributed by atoms with E-state index in [0.29, 0.717) is 23.1 Å². The average molecular weight is 492 g/mol. The monoisotopic (exact) mass is 491 g/mol. The minimum Gasteiger partial charge on any atom is -0.497 e. The van der Waals surface area contributed by atoms with Crippen molar-refractivity contribution in [2.45, 2.75) is 37.7 Å². The molecule has 6 nitrogen and oxygen atoms in total. The van der Waals surface area contributed by atoms with Crippen LogP contribution in [0, 0.1) is 5.41 Å². The van der Waals surface area contributed by atoms with Crippen molar-refractivity contribution < 1.29 is 23.8 Å². The van der Waals surface area contributed by atoms with Gasteiger partial charge in [0.15, 0.2) is 0 Å². The van der Waals surface area contributed by atoms with E-state index in [2.05, 4.69) is 20.8 Å². The van der Waals surface area contributed by atoms with Crippen molar-refractivity contribution in [3.63, 3.8) is 0 Å². The molecule has 0 radical (unpaired) electrons. The molecule has 1 heterocycles. The predicted molar refractivity (Wildman–Crippen MR) is 133 cm³/mol. The third-order valence-electron chi connectivity index (χ3n) is 5.34. The van der Waals surface area contributed by atoms with Gasteiger partial charge in [-0.3, -0.25) is 9.59 Å². The summed E-state index contributed by atoms with van der Waals surface area (Å²) in [5.41, 5.74) is 2.38. The zero-order chi connectivity index (χ0) is 24.3. The van der Waals surface area contributed by atoms with Crippen LogP contribution in [0.1, 0.15) is 43.6 Å². The lowest BCUT2D eigenvalue weighted by Gasteiger charge is -2.31. The minimum absolute atomic E-state index is 0.0304. The highest BCUT2D eigenvalue weighted by molar-refractivity contribution is 8.01. The van der Waals surface area contributed by atoms with E-state index in [9.17, 15) is 9.59 Å². The minimum atomic E-state index is -0.636. The number of fused-ring (bicyclic) bond motifs is 1. The zero-order valence-electron chi connectivity index (χ0n) is 19.8. The molecule has 8 heteroatoms. The molecule has 0 saturated carbocycles. The number of nitrogens with zero attached hydrogens (tertiary/aromatic N) is 1. The third-order valence-corrected chi connectivity index (χ3v) is 7.05. The number of esters is 1. The molecule has 0 fully saturated rings. The zero-order valence-corrected chi connectivity index (χ0v) is 21.4. The van der Waals surface area contributed by atoms with E-state index in [1.54, 1.807) is 25.2 Å². The lowest BCUT2D eigenvalue weighted by Crippen LogP contribution is -2.42. The van der Waals surface area contributed by atoms with Crippen LogP contribution in [-0.4, -0.2) is 45.0 Å². The van der Waals surface area contributed by atoms with E-state index < -0.39 is 11.2 Å². The molecule has 1 aliphatic rings. The maximum atomic E-state index is 13.8. The number of carbonyl (C=O) groups excluding carboxylic acids is 2. The number of methoxy groups -OCH3 is 3. The first-order valence-electron chi connectivity index (χ1n) is 10.6. The number of amides is 1. The van der Waals surface area contributed by atoms with E-state index in [4.69, 9.17) is 25.8 Å². The lowest BCUT2D eigenvalue weighted by atomic mass is 9.94. The molecule has 0 spiro atoms. The molecule has 1 aliphatic heterocycles. The van der Waals surface area contributed by atoms with Crippen molar-refractivity contribution in [1.29, 1.82) is 0 Å². The second-order valence-corrected chi connectivity index (χ2v) is 10.8. The number of anilines is 1. The SMILES string of the molecule is COC(=O)C[C@H]1S[C@H](c2ccc(OC)cc2OC)c2cc(Cl)ccc2N(CC(C)(C)C)C1=O. The first-order valence-corrected chi connectivity index (χ1v) is 11.9. The number of rotatable bonds is 6. The van der Waals surface area contributed by atoms with Crippen molar-refractivity contribution in [1.82, 2.24) is 0 Å².